The second-order valence-electron chi connectivity index (χ2n) is 3.06. The normalized spacial score (nSPS) is 21.6. The molecule has 1 atom stereocenters. The molecule has 0 N–H and O–H groups in total. The molecular weight excluding hydrogens is 168 g/mol. The summed E-state index contributed by atoms with van der Waals surface area (Å²) < 4.78 is 10.6. The fourth-order valence-electron chi connectivity index (χ4n) is 1.40. The summed E-state index contributed by atoms with van der Waals surface area (Å²) in [6.45, 7) is 1.47. The fraction of sp³-hybridized carbons (Fsp3) is 0.556. The van der Waals surface area contributed by atoms with Crippen molar-refractivity contribution in [2.24, 2.45) is 0 Å². The van der Waals surface area contributed by atoms with Gasteiger partial charge in [-0.15, -0.1) is 0 Å². The van der Waals surface area contributed by atoms with E-state index in [1.807, 2.05) is 6.07 Å². The summed E-state index contributed by atoms with van der Waals surface area (Å²) in [6.07, 6.45) is 2.88. The first kappa shape index (κ1) is 8.27. The van der Waals surface area contributed by atoms with E-state index < -0.39 is 0 Å². The van der Waals surface area contributed by atoms with E-state index in [1.54, 1.807) is 6.20 Å². The standard InChI is InChI=1S/C9H10N2O2/c10-3-1-8-5-11-9(13-8)7-2-4-12-6-7/h5,7H,1-2,4,6H2. The van der Waals surface area contributed by atoms with Gasteiger partial charge in [-0.1, -0.05) is 0 Å². The molecule has 0 saturated carbocycles. The van der Waals surface area contributed by atoms with E-state index in [9.17, 15) is 0 Å². The van der Waals surface area contributed by atoms with Crippen LogP contribution in [0.1, 0.15) is 24.0 Å². The molecule has 2 rings (SSSR count). The highest BCUT2D eigenvalue weighted by Crippen LogP contribution is 2.24. The lowest BCUT2D eigenvalue weighted by atomic mass is 10.1. The van der Waals surface area contributed by atoms with Gasteiger partial charge in [0, 0.05) is 6.61 Å². The van der Waals surface area contributed by atoms with Gasteiger partial charge in [0.15, 0.2) is 5.89 Å². The number of oxazole rings is 1. The lowest BCUT2D eigenvalue weighted by Gasteiger charge is -1.99. The third-order valence-electron chi connectivity index (χ3n) is 2.10. The first-order valence-electron chi connectivity index (χ1n) is 4.29. The minimum absolute atomic E-state index is 0.285. The Hall–Kier alpha value is -1.34. The molecule has 68 valence electrons. The Morgan fingerprint density at radius 1 is 1.69 bits per heavy atom. The minimum Gasteiger partial charge on any atom is -0.444 e. The Bertz CT molecular complexity index is 321. The van der Waals surface area contributed by atoms with Crippen LogP contribution in [0.5, 0.6) is 0 Å². The van der Waals surface area contributed by atoms with E-state index in [2.05, 4.69) is 4.98 Å². The molecular formula is C9H10N2O2. The van der Waals surface area contributed by atoms with Crippen LogP contribution in [0, 0.1) is 11.3 Å². The predicted molar refractivity (Wildman–Crippen MR) is 44.0 cm³/mol. The van der Waals surface area contributed by atoms with Gasteiger partial charge in [-0.25, -0.2) is 4.98 Å². The van der Waals surface area contributed by atoms with Crippen LogP contribution in [0.4, 0.5) is 0 Å². The van der Waals surface area contributed by atoms with Crippen molar-refractivity contribution in [2.45, 2.75) is 18.8 Å². The van der Waals surface area contributed by atoms with E-state index >= 15 is 0 Å². The smallest absolute Gasteiger partial charge is 0.199 e. The van der Waals surface area contributed by atoms with Crippen molar-refractivity contribution in [3.63, 3.8) is 0 Å². The highest BCUT2D eigenvalue weighted by atomic mass is 16.5. The Balaban J connectivity index is 2.08. The monoisotopic (exact) mass is 178 g/mol. The Morgan fingerprint density at radius 2 is 2.62 bits per heavy atom. The molecule has 1 aromatic heterocycles. The molecule has 13 heavy (non-hydrogen) atoms. The molecule has 0 radical (unpaired) electrons. The third-order valence-corrected chi connectivity index (χ3v) is 2.10. The van der Waals surface area contributed by atoms with Crippen molar-refractivity contribution in [3.05, 3.63) is 17.8 Å². The summed E-state index contributed by atoms with van der Waals surface area (Å²) in [5, 5.41) is 8.43. The molecule has 4 nitrogen and oxygen atoms in total. The number of hydrogen-bond acceptors (Lipinski definition) is 4. The van der Waals surface area contributed by atoms with Gasteiger partial charge in [0.05, 0.1) is 31.2 Å². The number of aromatic nitrogens is 1. The quantitative estimate of drug-likeness (QED) is 0.683. The topological polar surface area (TPSA) is 59.0 Å². The van der Waals surface area contributed by atoms with E-state index in [4.69, 9.17) is 14.4 Å². The molecule has 2 heterocycles. The van der Waals surface area contributed by atoms with Crippen LogP contribution in [-0.2, 0) is 11.2 Å². The van der Waals surface area contributed by atoms with Crippen LogP contribution in [0.2, 0.25) is 0 Å². The Labute approximate surface area is 76.1 Å². The molecule has 4 heteroatoms. The van der Waals surface area contributed by atoms with Crippen molar-refractivity contribution < 1.29 is 9.15 Å². The van der Waals surface area contributed by atoms with Gasteiger partial charge < -0.3 is 9.15 Å². The van der Waals surface area contributed by atoms with Crippen molar-refractivity contribution in [3.8, 4) is 6.07 Å². The molecule has 0 spiro atoms. The van der Waals surface area contributed by atoms with Crippen LogP contribution in [0.25, 0.3) is 0 Å². The molecule has 0 aromatic carbocycles. The van der Waals surface area contributed by atoms with E-state index in [1.165, 1.54) is 0 Å². The van der Waals surface area contributed by atoms with Gasteiger partial charge in [0.2, 0.25) is 0 Å². The van der Waals surface area contributed by atoms with Crippen molar-refractivity contribution in [2.75, 3.05) is 13.2 Å². The maximum Gasteiger partial charge on any atom is 0.199 e. The van der Waals surface area contributed by atoms with Gasteiger partial charge in [0.25, 0.3) is 0 Å². The lowest BCUT2D eigenvalue weighted by Crippen LogP contribution is -1.96. The van der Waals surface area contributed by atoms with Crippen LogP contribution in [0.3, 0.4) is 0 Å². The summed E-state index contributed by atoms with van der Waals surface area (Å²) in [4.78, 5) is 4.12. The van der Waals surface area contributed by atoms with Crippen LogP contribution >= 0.6 is 0 Å². The van der Waals surface area contributed by atoms with Gasteiger partial charge in [0.1, 0.15) is 5.76 Å². The number of ether oxygens (including phenoxy) is 1. The summed E-state index contributed by atoms with van der Waals surface area (Å²) in [7, 11) is 0. The molecule has 1 unspecified atom stereocenters. The Morgan fingerprint density at radius 3 is 3.31 bits per heavy atom. The van der Waals surface area contributed by atoms with Gasteiger partial charge in [-0.3, -0.25) is 0 Å². The number of nitrogens with zero attached hydrogens (tertiary/aromatic N) is 2. The summed E-state index contributed by atoms with van der Waals surface area (Å²) in [5.41, 5.74) is 0. The number of hydrogen-bond donors (Lipinski definition) is 0. The van der Waals surface area contributed by atoms with E-state index in [0.29, 0.717) is 24.7 Å². The molecule has 1 fully saturated rings. The summed E-state index contributed by atoms with van der Waals surface area (Å²) in [6, 6.07) is 2.02. The second-order valence-corrected chi connectivity index (χ2v) is 3.06. The van der Waals surface area contributed by atoms with Crippen LogP contribution in [-0.4, -0.2) is 18.2 Å². The average molecular weight is 178 g/mol. The molecule has 1 aliphatic rings. The third kappa shape index (κ3) is 1.70. The first-order chi connectivity index (χ1) is 6.40. The van der Waals surface area contributed by atoms with E-state index in [0.717, 1.165) is 13.0 Å². The van der Waals surface area contributed by atoms with Gasteiger partial charge in [-0.2, -0.15) is 5.26 Å². The zero-order valence-corrected chi connectivity index (χ0v) is 7.19. The minimum atomic E-state index is 0.285. The van der Waals surface area contributed by atoms with Crippen molar-refractivity contribution >= 4 is 0 Å². The van der Waals surface area contributed by atoms with Crippen LogP contribution < -0.4 is 0 Å². The largest absolute Gasteiger partial charge is 0.444 e. The summed E-state index contributed by atoms with van der Waals surface area (Å²) >= 11 is 0. The molecule has 0 bridgehead atoms. The fourth-order valence-corrected chi connectivity index (χ4v) is 1.40. The zero-order valence-electron chi connectivity index (χ0n) is 7.19. The molecule has 1 saturated heterocycles. The number of rotatable bonds is 2. The highest BCUT2D eigenvalue weighted by Gasteiger charge is 2.22. The zero-order chi connectivity index (χ0) is 9.10. The molecule has 1 aliphatic heterocycles. The summed E-state index contributed by atoms with van der Waals surface area (Å²) in [5.74, 6) is 1.64. The van der Waals surface area contributed by atoms with Gasteiger partial charge >= 0.3 is 0 Å². The molecule has 0 amide bonds. The van der Waals surface area contributed by atoms with Crippen molar-refractivity contribution in [1.29, 1.82) is 5.26 Å². The van der Waals surface area contributed by atoms with Gasteiger partial charge in [-0.05, 0) is 6.42 Å². The lowest BCUT2D eigenvalue weighted by molar-refractivity contribution is 0.190. The average Bonchev–Trinajstić information content (AvgIpc) is 2.70. The molecule has 1 aromatic rings. The maximum absolute atomic E-state index is 8.43. The maximum atomic E-state index is 8.43. The number of nitriles is 1. The van der Waals surface area contributed by atoms with E-state index in [-0.39, 0.29) is 5.92 Å². The highest BCUT2D eigenvalue weighted by molar-refractivity contribution is 5.04. The molecule has 0 aliphatic carbocycles. The van der Waals surface area contributed by atoms with Crippen molar-refractivity contribution in [1.82, 2.24) is 4.98 Å². The predicted octanol–water partition coefficient (Wildman–Crippen LogP) is 1.24. The SMILES string of the molecule is N#CCc1cnc(C2CCOC2)o1. The Kier molecular flexibility index (Phi) is 2.28. The first-order valence-corrected chi connectivity index (χ1v) is 4.29. The second kappa shape index (κ2) is 3.58. The van der Waals surface area contributed by atoms with Crippen LogP contribution in [0.15, 0.2) is 10.6 Å².